The zero-order valence-corrected chi connectivity index (χ0v) is 17.5. The molecule has 2 atom stereocenters. The first kappa shape index (κ1) is 19.1. The number of H-pyrrole nitrogens is 1. The Hall–Kier alpha value is -1.92. The van der Waals surface area contributed by atoms with Gasteiger partial charge in [-0.1, -0.05) is 25.7 Å². The van der Waals surface area contributed by atoms with Gasteiger partial charge in [-0.2, -0.15) is 5.10 Å². The molecule has 0 unspecified atom stereocenters. The largest absolute Gasteiger partial charge is 0.342 e. The number of amides is 2. The second-order valence-corrected chi connectivity index (χ2v) is 9.87. The summed E-state index contributed by atoms with van der Waals surface area (Å²) in [6.45, 7) is 4.83. The Morgan fingerprint density at radius 2 is 1.90 bits per heavy atom. The van der Waals surface area contributed by atoms with E-state index in [9.17, 15) is 9.59 Å². The molecule has 0 radical (unpaired) electrons. The van der Waals surface area contributed by atoms with Crippen molar-refractivity contribution in [3.63, 3.8) is 0 Å². The summed E-state index contributed by atoms with van der Waals surface area (Å²) >= 11 is 0. The zero-order valence-electron chi connectivity index (χ0n) is 17.5. The fraction of sp³-hybridized carbons (Fsp3) is 0.818. The van der Waals surface area contributed by atoms with E-state index in [1.807, 2.05) is 11.8 Å². The van der Waals surface area contributed by atoms with E-state index in [0.717, 1.165) is 62.9 Å². The van der Waals surface area contributed by atoms with E-state index in [1.54, 1.807) is 0 Å². The Kier molecular flexibility index (Phi) is 4.87. The number of carbonyl (C=O) groups excluding carboxylic acids is 2. The van der Waals surface area contributed by atoms with Gasteiger partial charge in [0.25, 0.3) is 0 Å². The summed E-state index contributed by atoms with van der Waals surface area (Å²) in [7, 11) is 0. The lowest BCUT2D eigenvalue weighted by atomic mass is 9.71. The number of aromatic nitrogens is 3. The summed E-state index contributed by atoms with van der Waals surface area (Å²) in [6.07, 6.45) is 9.85. The van der Waals surface area contributed by atoms with Crippen LogP contribution < -0.4 is 0 Å². The number of nitrogens with one attached hydrogen (secondary N) is 1. The van der Waals surface area contributed by atoms with Crippen molar-refractivity contribution < 1.29 is 9.59 Å². The van der Waals surface area contributed by atoms with Gasteiger partial charge in [-0.25, -0.2) is 4.98 Å². The van der Waals surface area contributed by atoms with Crippen molar-refractivity contribution in [1.29, 1.82) is 0 Å². The number of hydrogen-bond donors (Lipinski definition) is 1. The molecule has 7 heteroatoms. The van der Waals surface area contributed by atoms with E-state index < -0.39 is 0 Å². The highest BCUT2D eigenvalue weighted by atomic mass is 16.2. The maximum Gasteiger partial charge on any atom is 0.225 e. The van der Waals surface area contributed by atoms with Crippen LogP contribution in [0.2, 0.25) is 0 Å². The topological polar surface area (TPSA) is 82.2 Å². The second-order valence-electron chi connectivity index (χ2n) is 9.87. The first-order chi connectivity index (χ1) is 14.0. The average Bonchev–Trinajstić information content (AvgIpc) is 3.11. The van der Waals surface area contributed by atoms with E-state index in [-0.39, 0.29) is 17.3 Å². The van der Waals surface area contributed by atoms with Crippen molar-refractivity contribution in [2.24, 2.45) is 17.8 Å². The van der Waals surface area contributed by atoms with E-state index in [4.69, 9.17) is 0 Å². The van der Waals surface area contributed by atoms with Crippen LogP contribution in [-0.2, 0) is 15.0 Å². The molecule has 29 heavy (non-hydrogen) atoms. The SMILES string of the molecule is Cc1nc([C@@]23CCN(C(=O)CCC4CCCC4)C[C@@H]2CN(C(=O)C2CC2)C3)n[nH]1. The van der Waals surface area contributed by atoms with Crippen molar-refractivity contribution in [3.05, 3.63) is 11.6 Å². The highest BCUT2D eigenvalue weighted by Gasteiger charge is 2.55. The molecule has 1 aromatic heterocycles. The van der Waals surface area contributed by atoms with Gasteiger partial charge in [0.2, 0.25) is 11.8 Å². The molecule has 2 aliphatic heterocycles. The molecule has 2 saturated heterocycles. The third kappa shape index (κ3) is 3.57. The van der Waals surface area contributed by atoms with Crippen LogP contribution in [0.15, 0.2) is 0 Å². The van der Waals surface area contributed by atoms with Gasteiger partial charge in [0.05, 0.1) is 5.41 Å². The summed E-state index contributed by atoms with van der Waals surface area (Å²) in [4.78, 5) is 34.5. The van der Waals surface area contributed by atoms with Crippen molar-refractivity contribution in [2.75, 3.05) is 26.2 Å². The number of aryl methyl sites for hydroxylation is 1. The van der Waals surface area contributed by atoms with E-state index in [1.165, 1.54) is 25.7 Å². The van der Waals surface area contributed by atoms with Crippen molar-refractivity contribution >= 4 is 11.8 Å². The molecule has 0 aromatic carbocycles. The van der Waals surface area contributed by atoms with Gasteiger partial charge >= 0.3 is 0 Å². The Morgan fingerprint density at radius 3 is 2.59 bits per heavy atom. The third-order valence-corrected chi connectivity index (χ3v) is 7.84. The molecule has 1 aromatic rings. The third-order valence-electron chi connectivity index (χ3n) is 7.84. The minimum atomic E-state index is -0.211. The first-order valence-corrected chi connectivity index (χ1v) is 11.5. The molecule has 2 saturated carbocycles. The fourth-order valence-electron chi connectivity index (χ4n) is 5.88. The Morgan fingerprint density at radius 1 is 1.14 bits per heavy atom. The highest BCUT2D eigenvalue weighted by molar-refractivity contribution is 5.81. The van der Waals surface area contributed by atoms with Crippen molar-refractivity contribution in [3.8, 4) is 0 Å². The van der Waals surface area contributed by atoms with Gasteiger partial charge in [-0.3, -0.25) is 14.7 Å². The molecular formula is C22H33N5O2. The van der Waals surface area contributed by atoms with E-state index in [2.05, 4.69) is 20.1 Å². The molecule has 0 spiro atoms. The maximum atomic E-state index is 12.9. The van der Waals surface area contributed by atoms with Gasteiger partial charge in [0.1, 0.15) is 5.82 Å². The summed E-state index contributed by atoms with van der Waals surface area (Å²) in [5.41, 5.74) is -0.211. The van der Waals surface area contributed by atoms with Crippen LogP contribution in [0, 0.1) is 24.7 Å². The minimum Gasteiger partial charge on any atom is -0.342 e. The Labute approximate surface area is 172 Å². The monoisotopic (exact) mass is 399 g/mol. The minimum absolute atomic E-state index is 0.211. The highest BCUT2D eigenvalue weighted by Crippen LogP contribution is 2.45. The molecule has 1 N–H and O–H groups in total. The number of likely N-dealkylation sites (tertiary alicyclic amines) is 2. The molecule has 4 aliphatic rings. The predicted octanol–water partition coefficient (Wildman–Crippen LogP) is 2.42. The molecule has 7 nitrogen and oxygen atoms in total. The fourth-order valence-corrected chi connectivity index (χ4v) is 5.88. The number of fused-ring (bicyclic) bond motifs is 1. The van der Waals surface area contributed by atoms with Crippen LogP contribution in [0.1, 0.15) is 69.4 Å². The summed E-state index contributed by atoms with van der Waals surface area (Å²) in [6, 6.07) is 0. The van der Waals surface area contributed by atoms with Crippen LogP contribution in [-0.4, -0.2) is 63.0 Å². The summed E-state index contributed by atoms with van der Waals surface area (Å²) in [5, 5.41) is 7.50. The predicted molar refractivity (Wildman–Crippen MR) is 108 cm³/mol. The number of piperidine rings is 1. The molecule has 5 rings (SSSR count). The molecule has 4 fully saturated rings. The Balaban J connectivity index is 1.30. The molecule has 158 valence electrons. The number of carbonyl (C=O) groups is 2. The average molecular weight is 400 g/mol. The van der Waals surface area contributed by atoms with Gasteiger partial charge in [0, 0.05) is 44.4 Å². The summed E-state index contributed by atoms with van der Waals surface area (Å²) < 4.78 is 0. The lowest BCUT2D eigenvalue weighted by molar-refractivity contribution is -0.134. The zero-order chi connectivity index (χ0) is 20.0. The van der Waals surface area contributed by atoms with E-state index in [0.29, 0.717) is 24.8 Å². The van der Waals surface area contributed by atoms with E-state index >= 15 is 0 Å². The molecule has 2 aliphatic carbocycles. The summed E-state index contributed by atoms with van der Waals surface area (Å²) in [5.74, 6) is 3.44. The van der Waals surface area contributed by atoms with Gasteiger partial charge in [-0.15, -0.1) is 0 Å². The standard InChI is InChI=1S/C22H33N5O2/c1-15-23-21(25-24-15)22-10-11-26(19(28)9-6-16-4-2-3-5-16)12-18(22)13-27(14-22)20(29)17-7-8-17/h16-18H,2-14H2,1H3,(H,23,24,25)/t18-,22-/m1/s1. The number of rotatable bonds is 5. The molecule has 2 amide bonds. The quantitative estimate of drug-likeness (QED) is 0.824. The lowest BCUT2D eigenvalue weighted by Gasteiger charge is -2.41. The van der Waals surface area contributed by atoms with Gasteiger partial charge in [0.15, 0.2) is 5.82 Å². The van der Waals surface area contributed by atoms with Gasteiger partial charge < -0.3 is 9.80 Å². The van der Waals surface area contributed by atoms with Crippen LogP contribution in [0.4, 0.5) is 0 Å². The Bertz CT molecular complexity index is 782. The molecular weight excluding hydrogens is 366 g/mol. The van der Waals surface area contributed by atoms with Gasteiger partial charge in [-0.05, 0) is 38.5 Å². The lowest BCUT2D eigenvalue weighted by Crippen LogP contribution is -2.51. The second kappa shape index (κ2) is 7.40. The normalized spacial score (nSPS) is 30.0. The molecule has 0 bridgehead atoms. The number of nitrogens with zero attached hydrogens (tertiary/aromatic N) is 4. The van der Waals surface area contributed by atoms with Crippen molar-refractivity contribution in [2.45, 2.75) is 70.1 Å². The molecule has 3 heterocycles. The first-order valence-electron chi connectivity index (χ1n) is 11.5. The number of aromatic amines is 1. The number of hydrogen-bond acceptors (Lipinski definition) is 4. The van der Waals surface area contributed by atoms with Crippen molar-refractivity contribution in [1.82, 2.24) is 25.0 Å². The van der Waals surface area contributed by atoms with Crippen LogP contribution in [0.25, 0.3) is 0 Å². The maximum absolute atomic E-state index is 12.9. The smallest absolute Gasteiger partial charge is 0.225 e. The van der Waals surface area contributed by atoms with Crippen LogP contribution >= 0.6 is 0 Å². The van der Waals surface area contributed by atoms with Crippen LogP contribution in [0.3, 0.4) is 0 Å². The van der Waals surface area contributed by atoms with Crippen LogP contribution in [0.5, 0.6) is 0 Å².